The van der Waals surface area contributed by atoms with Crippen LogP contribution in [0.5, 0.6) is 0 Å². The standard InChI is InChI=1S/C17H17N3/c18-11-13-5-2-4-8-16(13)20-17-9-10-19-12-14-6-1-3-7-15(14)17/h1-8,17,19-20H,9-10,12H2. The van der Waals surface area contributed by atoms with Gasteiger partial charge in [0.15, 0.2) is 0 Å². The van der Waals surface area contributed by atoms with Crippen molar-refractivity contribution in [3.05, 3.63) is 65.2 Å². The van der Waals surface area contributed by atoms with Gasteiger partial charge in [-0.15, -0.1) is 0 Å². The van der Waals surface area contributed by atoms with Crippen molar-refractivity contribution in [1.29, 1.82) is 5.26 Å². The molecule has 3 nitrogen and oxygen atoms in total. The molecule has 3 rings (SSSR count). The van der Waals surface area contributed by atoms with Gasteiger partial charge in [0.1, 0.15) is 6.07 Å². The van der Waals surface area contributed by atoms with Crippen molar-refractivity contribution >= 4 is 5.69 Å². The topological polar surface area (TPSA) is 47.9 Å². The Kier molecular flexibility index (Phi) is 3.67. The molecular weight excluding hydrogens is 246 g/mol. The molecule has 0 fully saturated rings. The molecule has 0 aliphatic carbocycles. The van der Waals surface area contributed by atoms with Crippen LogP contribution < -0.4 is 10.6 Å². The number of anilines is 1. The molecule has 1 heterocycles. The summed E-state index contributed by atoms with van der Waals surface area (Å²) in [5, 5.41) is 16.2. The lowest BCUT2D eigenvalue weighted by molar-refractivity contribution is 0.637. The lowest BCUT2D eigenvalue weighted by atomic mass is 9.98. The molecule has 0 saturated heterocycles. The predicted molar refractivity (Wildman–Crippen MR) is 80.3 cm³/mol. The van der Waals surface area contributed by atoms with E-state index in [1.54, 1.807) is 0 Å². The van der Waals surface area contributed by atoms with E-state index < -0.39 is 0 Å². The van der Waals surface area contributed by atoms with Crippen LogP contribution in [-0.4, -0.2) is 6.54 Å². The van der Waals surface area contributed by atoms with Gasteiger partial charge in [0, 0.05) is 6.54 Å². The van der Waals surface area contributed by atoms with Crippen LogP contribution in [0, 0.1) is 11.3 Å². The van der Waals surface area contributed by atoms with Crippen molar-refractivity contribution < 1.29 is 0 Å². The minimum atomic E-state index is 0.246. The summed E-state index contributed by atoms with van der Waals surface area (Å²) in [5.74, 6) is 0. The first-order valence-electron chi connectivity index (χ1n) is 6.92. The number of hydrogen-bond acceptors (Lipinski definition) is 3. The van der Waals surface area contributed by atoms with E-state index in [1.165, 1.54) is 11.1 Å². The zero-order valence-electron chi connectivity index (χ0n) is 11.3. The van der Waals surface area contributed by atoms with Crippen LogP contribution in [0.3, 0.4) is 0 Å². The second kappa shape index (κ2) is 5.77. The first-order valence-corrected chi connectivity index (χ1v) is 6.92. The maximum absolute atomic E-state index is 9.20. The van der Waals surface area contributed by atoms with Gasteiger partial charge >= 0.3 is 0 Å². The van der Waals surface area contributed by atoms with E-state index in [0.717, 1.165) is 25.2 Å². The summed E-state index contributed by atoms with van der Waals surface area (Å²) in [5.41, 5.74) is 4.26. The number of nitrogens with one attached hydrogen (secondary N) is 2. The van der Waals surface area contributed by atoms with Gasteiger partial charge in [-0.05, 0) is 36.2 Å². The molecule has 0 radical (unpaired) electrons. The number of nitrogens with zero attached hydrogens (tertiary/aromatic N) is 1. The second-order valence-corrected chi connectivity index (χ2v) is 5.02. The molecule has 1 aliphatic rings. The average Bonchev–Trinajstić information content (AvgIpc) is 2.71. The third-order valence-corrected chi connectivity index (χ3v) is 3.73. The van der Waals surface area contributed by atoms with Gasteiger partial charge in [-0.25, -0.2) is 0 Å². The van der Waals surface area contributed by atoms with E-state index in [4.69, 9.17) is 0 Å². The fourth-order valence-electron chi connectivity index (χ4n) is 2.70. The minimum absolute atomic E-state index is 0.246. The summed E-state index contributed by atoms with van der Waals surface area (Å²) in [4.78, 5) is 0. The maximum Gasteiger partial charge on any atom is 0.101 e. The molecule has 0 saturated carbocycles. The fraction of sp³-hybridized carbons (Fsp3) is 0.235. The highest BCUT2D eigenvalue weighted by molar-refractivity contribution is 5.58. The molecular formula is C17H17N3. The Balaban J connectivity index is 1.93. The fourth-order valence-corrected chi connectivity index (χ4v) is 2.70. The zero-order chi connectivity index (χ0) is 13.8. The SMILES string of the molecule is N#Cc1ccccc1NC1CCNCc2ccccc21. The monoisotopic (exact) mass is 263 g/mol. The smallest absolute Gasteiger partial charge is 0.101 e. The maximum atomic E-state index is 9.20. The molecule has 2 aromatic rings. The van der Waals surface area contributed by atoms with E-state index >= 15 is 0 Å². The molecule has 100 valence electrons. The first kappa shape index (κ1) is 12.7. The van der Waals surface area contributed by atoms with Crippen molar-refractivity contribution in [3.8, 4) is 6.07 Å². The number of benzene rings is 2. The van der Waals surface area contributed by atoms with Crippen LogP contribution in [0.15, 0.2) is 48.5 Å². The summed E-state index contributed by atoms with van der Waals surface area (Å²) in [6, 6.07) is 18.7. The Bertz CT molecular complexity index is 643. The van der Waals surface area contributed by atoms with E-state index in [9.17, 15) is 5.26 Å². The normalized spacial score (nSPS) is 17.6. The summed E-state index contributed by atoms with van der Waals surface area (Å²) >= 11 is 0. The van der Waals surface area contributed by atoms with Crippen molar-refractivity contribution in [3.63, 3.8) is 0 Å². The Morgan fingerprint density at radius 3 is 2.80 bits per heavy atom. The third kappa shape index (κ3) is 2.52. The van der Waals surface area contributed by atoms with E-state index in [1.807, 2.05) is 24.3 Å². The molecule has 0 amide bonds. The highest BCUT2D eigenvalue weighted by Crippen LogP contribution is 2.28. The highest BCUT2D eigenvalue weighted by atomic mass is 15.0. The highest BCUT2D eigenvalue weighted by Gasteiger charge is 2.18. The van der Waals surface area contributed by atoms with Gasteiger partial charge in [0.2, 0.25) is 0 Å². The van der Waals surface area contributed by atoms with Crippen LogP contribution in [0.4, 0.5) is 5.69 Å². The summed E-state index contributed by atoms with van der Waals surface area (Å²) < 4.78 is 0. The van der Waals surface area contributed by atoms with Crippen LogP contribution in [0.2, 0.25) is 0 Å². The van der Waals surface area contributed by atoms with E-state index in [2.05, 4.69) is 41.0 Å². The molecule has 1 unspecified atom stereocenters. The summed E-state index contributed by atoms with van der Waals surface area (Å²) in [7, 11) is 0. The number of rotatable bonds is 2. The molecule has 1 atom stereocenters. The van der Waals surface area contributed by atoms with Crippen molar-refractivity contribution in [2.24, 2.45) is 0 Å². The Hall–Kier alpha value is -2.31. The molecule has 2 aromatic carbocycles. The zero-order valence-corrected chi connectivity index (χ0v) is 11.3. The van der Waals surface area contributed by atoms with Crippen molar-refractivity contribution in [2.45, 2.75) is 19.0 Å². The van der Waals surface area contributed by atoms with Crippen molar-refractivity contribution in [1.82, 2.24) is 5.32 Å². The lowest BCUT2D eigenvalue weighted by Crippen LogP contribution is -2.15. The van der Waals surface area contributed by atoms with Crippen LogP contribution in [-0.2, 0) is 6.54 Å². The molecule has 1 aliphatic heterocycles. The number of fused-ring (bicyclic) bond motifs is 1. The Labute approximate surface area is 119 Å². The average molecular weight is 263 g/mol. The molecule has 0 spiro atoms. The van der Waals surface area contributed by atoms with Crippen LogP contribution in [0.25, 0.3) is 0 Å². The molecule has 3 heteroatoms. The molecule has 0 bridgehead atoms. The Morgan fingerprint density at radius 1 is 1.10 bits per heavy atom. The second-order valence-electron chi connectivity index (χ2n) is 5.02. The summed E-state index contributed by atoms with van der Waals surface area (Å²) in [6.07, 6.45) is 1.01. The largest absolute Gasteiger partial charge is 0.377 e. The molecule has 2 N–H and O–H groups in total. The quantitative estimate of drug-likeness (QED) is 0.874. The number of nitriles is 1. The third-order valence-electron chi connectivity index (χ3n) is 3.73. The molecule has 0 aromatic heterocycles. The number of para-hydroxylation sites is 1. The van der Waals surface area contributed by atoms with Gasteiger partial charge in [0.05, 0.1) is 17.3 Å². The van der Waals surface area contributed by atoms with Gasteiger partial charge < -0.3 is 10.6 Å². The van der Waals surface area contributed by atoms with Gasteiger partial charge in [-0.1, -0.05) is 36.4 Å². The minimum Gasteiger partial charge on any atom is -0.377 e. The van der Waals surface area contributed by atoms with Gasteiger partial charge in [-0.2, -0.15) is 5.26 Å². The summed E-state index contributed by atoms with van der Waals surface area (Å²) in [6.45, 7) is 1.88. The molecule has 20 heavy (non-hydrogen) atoms. The Morgan fingerprint density at radius 2 is 1.90 bits per heavy atom. The van der Waals surface area contributed by atoms with E-state index in [0.29, 0.717) is 5.56 Å². The predicted octanol–water partition coefficient (Wildman–Crippen LogP) is 3.20. The lowest BCUT2D eigenvalue weighted by Gasteiger charge is -2.21. The van der Waals surface area contributed by atoms with Crippen LogP contribution >= 0.6 is 0 Å². The van der Waals surface area contributed by atoms with E-state index in [-0.39, 0.29) is 6.04 Å². The first-order chi connectivity index (χ1) is 9.88. The number of hydrogen-bond donors (Lipinski definition) is 2. The van der Waals surface area contributed by atoms with Crippen LogP contribution in [0.1, 0.15) is 29.2 Å². The van der Waals surface area contributed by atoms with Crippen molar-refractivity contribution in [2.75, 3.05) is 11.9 Å². The van der Waals surface area contributed by atoms with Gasteiger partial charge in [0.25, 0.3) is 0 Å². The van der Waals surface area contributed by atoms with Gasteiger partial charge in [-0.3, -0.25) is 0 Å².